The van der Waals surface area contributed by atoms with Gasteiger partial charge in [0.05, 0.1) is 17.6 Å². The summed E-state index contributed by atoms with van der Waals surface area (Å²) >= 11 is 0. The quantitative estimate of drug-likeness (QED) is 0.172. The fraction of sp³-hybridized carbons (Fsp3) is 0.259. The van der Waals surface area contributed by atoms with E-state index in [2.05, 4.69) is 15.0 Å². The van der Waals surface area contributed by atoms with Gasteiger partial charge >= 0.3 is 0 Å². The Hall–Kier alpha value is -3.93. The van der Waals surface area contributed by atoms with E-state index in [4.69, 9.17) is 15.9 Å². The molecule has 1 fully saturated rings. The van der Waals surface area contributed by atoms with Crippen molar-refractivity contribution in [1.29, 1.82) is 5.41 Å². The van der Waals surface area contributed by atoms with E-state index in [1.807, 2.05) is 48.5 Å². The predicted octanol–water partition coefficient (Wildman–Crippen LogP) is 1.92. The van der Waals surface area contributed by atoms with Crippen LogP contribution in [0.5, 0.6) is 0 Å². The summed E-state index contributed by atoms with van der Waals surface area (Å²) < 4.78 is 35.2. The second-order valence-corrected chi connectivity index (χ2v) is 11.0. The van der Waals surface area contributed by atoms with Crippen LogP contribution in [0.15, 0.2) is 77.8 Å². The number of morpholine rings is 1. The molecule has 6 N–H and O–H groups in total. The number of carbonyl (C=O) groups excluding carboxylic acids is 1. The van der Waals surface area contributed by atoms with Crippen LogP contribution in [0.2, 0.25) is 0 Å². The van der Waals surface area contributed by atoms with Gasteiger partial charge in [0.2, 0.25) is 15.9 Å². The molecule has 10 nitrogen and oxygen atoms in total. The minimum atomic E-state index is -4.02. The highest BCUT2D eigenvalue weighted by Gasteiger charge is 2.29. The molecule has 0 saturated carbocycles. The van der Waals surface area contributed by atoms with E-state index >= 15 is 0 Å². The van der Waals surface area contributed by atoms with Crippen molar-refractivity contribution < 1.29 is 17.9 Å². The molecule has 1 aliphatic rings. The number of aromatic nitrogens is 1. The van der Waals surface area contributed by atoms with Crippen LogP contribution < -0.4 is 15.8 Å². The maximum atomic E-state index is 13.4. The lowest BCUT2D eigenvalue weighted by Gasteiger charge is -2.33. The number of para-hydroxylation sites is 1. The second-order valence-electron chi connectivity index (χ2n) is 9.32. The number of ether oxygens (including phenoxy) is 1. The van der Waals surface area contributed by atoms with Crippen molar-refractivity contribution in [3.05, 3.63) is 78.5 Å². The number of fused-ring (bicyclic) bond motifs is 2. The predicted molar refractivity (Wildman–Crippen MR) is 146 cm³/mol. The number of nitrogens with one attached hydrogen (secondary N) is 4. The highest BCUT2D eigenvalue weighted by molar-refractivity contribution is 7.89. The third kappa shape index (κ3) is 5.64. The van der Waals surface area contributed by atoms with Gasteiger partial charge in [0.25, 0.3) is 0 Å². The molecule has 1 aromatic heterocycles. The average Bonchev–Trinajstić information content (AvgIpc) is 3.34. The van der Waals surface area contributed by atoms with Crippen LogP contribution in [0.25, 0.3) is 21.7 Å². The molecule has 11 heteroatoms. The standard InChI is InChI=1S/C27H30N6O4S/c28-27(29)33-11-12-37-21(17-33)16-31-26(34)25(14-20-15-30-24-8-4-3-7-23(20)24)32-38(35,36)22-10-9-18-5-1-2-6-19(18)13-22/h1-10,13,15,21,25,30,32H,11-12,14,16-17H2,(H3,28,29)(H,31,34). The van der Waals surface area contributed by atoms with Crippen LogP contribution in [0.4, 0.5) is 0 Å². The first kappa shape index (κ1) is 25.7. The van der Waals surface area contributed by atoms with E-state index < -0.39 is 22.0 Å². The Bertz CT molecular complexity index is 1580. The van der Waals surface area contributed by atoms with Crippen molar-refractivity contribution in [3.63, 3.8) is 0 Å². The Morgan fingerprint density at radius 1 is 1.13 bits per heavy atom. The lowest BCUT2D eigenvalue weighted by Crippen LogP contribution is -2.54. The maximum Gasteiger partial charge on any atom is 0.241 e. The molecule has 3 aromatic carbocycles. The largest absolute Gasteiger partial charge is 0.373 e. The van der Waals surface area contributed by atoms with Gasteiger partial charge in [-0.1, -0.05) is 48.5 Å². The van der Waals surface area contributed by atoms with Crippen LogP contribution in [0.1, 0.15) is 5.56 Å². The van der Waals surface area contributed by atoms with Gasteiger partial charge in [-0.3, -0.25) is 10.2 Å². The number of guanidine groups is 1. The van der Waals surface area contributed by atoms with Crippen molar-refractivity contribution in [2.75, 3.05) is 26.2 Å². The number of hydrogen-bond donors (Lipinski definition) is 5. The fourth-order valence-electron chi connectivity index (χ4n) is 4.70. The molecular formula is C27H30N6O4S. The number of nitrogens with two attached hydrogens (primary N) is 1. The minimum absolute atomic E-state index is 0.0509. The summed E-state index contributed by atoms with van der Waals surface area (Å²) in [6, 6.07) is 19.0. The molecular weight excluding hydrogens is 504 g/mol. The van der Waals surface area contributed by atoms with Crippen molar-refractivity contribution >= 4 is 43.6 Å². The molecule has 0 spiro atoms. The first-order valence-electron chi connectivity index (χ1n) is 12.3. The van der Waals surface area contributed by atoms with Gasteiger partial charge in [-0.2, -0.15) is 4.72 Å². The van der Waals surface area contributed by atoms with Crippen LogP contribution in [-0.4, -0.2) is 68.6 Å². The summed E-state index contributed by atoms with van der Waals surface area (Å²) in [5.74, 6) is -0.520. The minimum Gasteiger partial charge on any atom is -0.373 e. The van der Waals surface area contributed by atoms with Crippen molar-refractivity contribution in [1.82, 2.24) is 19.9 Å². The number of aromatic amines is 1. The number of rotatable bonds is 8. The SMILES string of the molecule is N=C(N)N1CCOC(CNC(=O)C(Cc2c[nH]c3ccccc23)NS(=O)(=O)c2ccc3ccccc3c2)C1. The molecule has 1 saturated heterocycles. The molecule has 198 valence electrons. The number of carbonyl (C=O) groups is 1. The molecule has 0 bridgehead atoms. The molecule has 2 unspecified atom stereocenters. The number of hydrogen-bond acceptors (Lipinski definition) is 5. The monoisotopic (exact) mass is 534 g/mol. The number of amides is 1. The molecule has 0 aliphatic carbocycles. The number of H-pyrrole nitrogens is 1. The summed E-state index contributed by atoms with van der Waals surface area (Å²) in [5, 5.41) is 13.1. The van der Waals surface area contributed by atoms with E-state index in [0.29, 0.717) is 19.7 Å². The van der Waals surface area contributed by atoms with Crippen LogP contribution >= 0.6 is 0 Å². The van der Waals surface area contributed by atoms with Crippen LogP contribution in [0.3, 0.4) is 0 Å². The molecule has 5 rings (SSSR count). The molecule has 2 heterocycles. The summed E-state index contributed by atoms with van der Waals surface area (Å²) in [6.07, 6.45) is 1.57. The number of benzene rings is 3. The summed E-state index contributed by atoms with van der Waals surface area (Å²) in [4.78, 5) is 18.3. The van der Waals surface area contributed by atoms with E-state index in [1.54, 1.807) is 23.2 Å². The van der Waals surface area contributed by atoms with Gasteiger partial charge in [-0.15, -0.1) is 0 Å². The zero-order valence-electron chi connectivity index (χ0n) is 20.7. The van der Waals surface area contributed by atoms with E-state index in [9.17, 15) is 13.2 Å². The summed E-state index contributed by atoms with van der Waals surface area (Å²) in [5.41, 5.74) is 7.32. The van der Waals surface area contributed by atoms with Crippen molar-refractivity contribution in [2.24, 2.45) is 5.73 Å². The third-order valence-electron chi connectivity index (χ3n) is 6.73. The molecule has 2 atom stereocenters. The fourth-order valence-corrected chi connectivity index (χ4v) is 5.93. The highest BCUT2D eigenvalue weighted by Crippen LogP contribution is 2.22. The lowest BCUT2D eigenvalue weighted by atomic mass is 10.0. The molecule has 4 aromatic rings. The zero-order chi connectivity index (χ0) is 26.7. The third-order valence-corrected chi connectivity index (χ3v) is 8.20. The van der Waals surface area contributed by atoms with Gasteiger partial charge in [-0.05, 0) is 41.0 Å². The first-order valence-corrected chi connectivity index (χ1v) is 13.8. The molecule has 0 radical (unpaired) electrons. The summed E-state index contributed by atoms with van der Waals surface area (Å²) in [6.45, 7) is 1.41. The van der Waals surface area contributed by atoms with Crippen LogP contribution in [-0.2, 0) is 26.0 Å². The van der Waals surface area contributed by atoms with Crippen LogP contribution in [0, 0.1) is 5.41 Å². The Labute approximate surface area is 220 Å². The first-order chi connectivity index (χ1) is 18.3. The van der Waals surface area contributed by atoms with Gasteiger partial charge < -0.3 is 25.7 Å². The van der Waals surface area contributed by atoms with Gasteiger partial charge in [0.1, 0.15) is 6.04 Å². The Morgan fingerprint density at radius 3 is 2.71 bits per heavy atom. The van der Waals surface area contributed by atoms with Crippen molar-refractivity contribution in [3.8, 4) is 0 Å². The molecule has 1 amide bonds. The smallest absolute Gasteiger partial charge is 0.241 e. The second kappa shape index (κ2) is 10.8. The normalized spacial score (nSPS) is 16.9. The topological polar surface area (TPSA) is 153 Å². The van der Waals surface area contributed by atoms with Gasteiger partial charge in [0, 0.05) is 36.7 Å². The number of nitrogens with zero attached hydrogens (tertiary/aromatic N) is 1. The highest BCUT2D eigenvalue weighted by atomic mass is 32.2. The molecule has 1 aliphatic heterocycles. The maximum absolute atomic E-state index is 13.4. The van der Waals surface area contributed by atoms with Gasteiger partial charge in [0.15, 0.2) is 5.96 Å². The van der Waals surface area contributed by atoms with E-state index in [-0.39, 0.29) is 29.9 Å². The van der Waals surface area contributed by atoms with E-state index in [1.165, 1.54) is 6.07 Å². The van der Waals surface area contributed by atoms with E-state index in [0.717, 1.165) is 27.2 Å². The Balaban J connectivity index is 1.37. The molecule has 38 heavy (non-hydrogen) atoms. The lowest BCUT2D eigenvalue weighted by molar-refractivity contribution is -0.123. The Morgan fingerprint density at radius 2 is 1.89 bits per heavy atom. The zero-order valence-corrected chi connectivity index (χ0v) is 21.5. The number of sulfonamides is 1. The summed E-state index contributed by atoms with van der Waals surface area (Å²) in [7, 11) is -4.02. The average molecular weight is 535 g/mol. The van der Waals surface area contributed by atoms with Gasteiger partial charge in [-0.25, -0.2) is 8.42 Å². The van der Waals surface area contributed by atoms with Crippen molar-refractivity contribution in [2.45, 2.75) is 23.5 Å². The Kier molecular flexibility index (Phi) is 7.32.